The Bertz CT molecular complexity index is 837. The standard InChI is InChI=1S/C18H16N2OS/c21-18-19(11-14-7-3-1-4-8-14)12-16-13-22-17(20(16)18)15-9-5-2-6-10-15/h1-10,12,17H,11,13H2/t17-/m0/s1. The first-order valence-corrected chi connectivity index (χ1v) is 8.39. The average Bonchev–Trinajstić information content (AvgIpc) is 3.11. The lowest BCUT2D eigenvalue weighted by Crippen LogP contribution is -2.26. The zero-order chi connectivity index (χ0) is 14.9. The second kappa shape index (κ2) is 5.54. The van der Waals surface area contributed by atoms with Crippen molar-refractivity contribution in [3.8, 4) is 0 Å². The van der Waals surface area contributed by atoms with Crippen molar-refractivity contribution in [2.45, 2.75) is 17.7 Å². The van der Waals surface area contributed by atoms with E-state index in [0.29, 0.717) is 6.54 Å². The molecule has 0 spiro atoms. The molecule has 3 nitrogen and oxygen atoms in total. The van der Waals surface area contributed by atoms with Crippen molar-refractivity contribution in [3.63, 3.8) is 0 Å². The fourth-order valence-corrected chi connectivity index (χ4v) is 4.18. The van der Waals surface area contributed by atoms with Crippen molar-refractivity contribution in [3.05, 3.63) is 94.2 Å². The van der Waals surface area contributed by atoms with Crippen LogP contribution in [0.15, 0.2) is 71.7 Å². The second-order valence-corrected chi connectivity index (χ2v) is 6.53. The molecule has 0 amide bonds. The highest BCUT2D eigenvalue weighted by Gasteiger charge is 2.27. The average molecular weight is 308 g/mol. The van der Waals surface area contributed by atoms with Crippen molar-refractivity contribution < 1.29 is 0 Å². The molecule has 4 rings (SSSR count). The Morgan fingerprint density at radius 2 is 1.68 bits per heavy atom. The summed E-state index contributed by atoms with van der Waals surface area (Å²) in [7, 11) is 0. The van der Waals surface area contributed by atoms with E-state index in [-0.39, 0.29) is 11.1 Å². The van der Waals surface area contributed by atoms with E-state index in [1.54, 1.807) is 0 Å². The molecule has 2 heterocycles. The van der Waals surface area contributed by atoms with Crippen molar-refractivity contribution in [1.82, 2.24) is 9.13 Å². The highest BCUT2D eigenvalue weighted by molar-refractivity contribution is 7.99. The smallest absolute Gasteiger partial charge is 0.294 e. The number of thioether (sulfide) groups is 1. The number of aromatic nitrogens is 2. The quantitative estimate of drug-likeness (QED) is 0.740. The van der Waals surface area contributed by atoms with Gasteiger partial charge in [0, 0.05) is 11.9 Å². The molecule has 4 heteroatoms. The van der Waals surface area contributed by atoms with Gasteiger partial charge in [-0.15, -0.1) is 11.8 Å². The van der Waals surface area contributed by atoms with E-state index in [9.17, 15) is 4.79 Å². The molecule has 3 aromatic rings. The van der Waals surface area contributed by atoms with Crippen molar-refractivity contribution in [2.24, 2.45) is 0 Å². The number of hydrogen-bond acceptors (Lipinski definition) is 2. The van der Waals surface area contributed by atoms with Crippen LogP contribution < -0.4 is 5.69 Å². The fourth-order valence-electron chi connectivity index (χ4n) is 2.91. The van der Waals surface area contributed by atoms with Gasteiger partial charge in [-0.2, -0.15) is 0 Å². The van der Waals surface area contributed by atoms with Gasteiger partial charge in [-0.3, -0.25) is 9.13 Å². The van der Waals surface area contributed by atoms with Gasteiger partial charge in [0.25, 0.3) is 0 Å². The molecule has 1 atom stereocenters. The van der Waals surface area contributed by atoms with E-state index >= 15 is 0 Å². The van der Waals surface area contributed by atoms with Crippen molar-refractivity contribution in [2.75, 3.05) is 0 Å². The van der Waals surface area contributed by atoms with Crippen LogP contribution in [-0.4, -0.2) is 9.13 Å². The van der Waals surface area contributed by atoms with Gasteiger partial charge in [-0.05, 0) is 11.1 Å². The SMILES string of the molecule is O=c1n(Cc2ccccc2)cc2n1[C@H](c1ccccc1)SC2. The number of benzene rings is 2. The van der Waals surface area contributed by atoms with Crippen LogP contribution in [0.3, 0.4) is 0 Å². The van der Waals surface area contributed by atoms with Crippen LogP contribution in [0, 0.1) is 0 Å². The summed E-state index contributed by atoms with van der Waals surface area (Å²) in [5.74, 6) is 0.886. The maximum absolute atomic E-state index is 12.8. The Morgan fingerprint density at radius 1 is 1.00 bits per heavy atom. The summed E-state index contributed by atoms with van der Waals surface area (Å²) >= 11 is 1.81. The minimum atomic E-state index is 0.0812. The Kier molecular flexibility index (Phi) is 3.39. The fraction of sp³-hybridized carbons (Fsp3) is 0.167. The van der Waals surface area contributed by atoms with Crippen molar-refractivity contribution in [1.29, 1.82) is 0 Å². The monoisotopic (exact) mass is 308 g/mol. The van der Waals surface area contributed by atoms with Crippen molar-refractivity contribution >= 4 is 11.8 Å². The van der Waals surface area contributed by atoms with E-state index in [1.807, 2.05) is 63.5 Å². The van der Waals surface area contributed by atoms with Crippen LogP contribution in [-0.2, 0) is 12.3 Å². The zero-order valence-electron chi connectivity index (χ0n) is 12.1. The van der Waals surface area contributed by atoms with E-state index in [0.717, 1.165) is 17.0 Å². The van der Waals surface area contributed by atoms with Gasteiger partial charge in [-0.25, -0.2) is 4.79 Å². The largest absolute Gasteiger partial charge is 0.329 e. The highest BCUT2D eigenvalue weighted by atomic mass is 32.2. The van der Waals surface area contributed by atoms with Gasteiger partial charge < -0.3 is 0 Å². The third kappa shape index (κ3) is 2.29. The van der Waals surface area contributed by atoms with Gasteiger partial charge in [0.2, 0.25) is 0 Å². The molecular formula is C18H16N2OS. The zero-order valence-corrected chi connectivity index (χ0v) is 12.9. The number of rotatable bonds is 3. The van der Waals surface area contributed by atoms with Gasteiger partial charge in [0.15, 0.2) is 0 Å². The molecule has 0 saturated heterocycles. The third-order valence-corrected chi connectivity index (χ3v) is 5.23. The summed E-state index contributed by atoms with van der Waals surface area (Å²) < 4.78 is 3.75. The van der Waals surface area contributed by atoms with Crippen LogP contribution in [0.2, 0.25) is 0 Å². The predicted molar refractivity (Wildman–Crippen MR) is 90.1 cm³/mol. The molecular weight excluding hydrogens is 292 g/mol. The summed E-state index contributed by atoms with van der Waals surface area (Å²) in [4.78, 5) is 12.8. The molecule has 22 heavy (non-hydrogen) atoms. The van der Waals surface area contributed by atoms with E-state index in [2.05, 4.69) is 24.3 Å². The van der Waals surface area contributed by atoms with Crippen LogP contribution in [0.5, 0.6) is 0 Å². The number of nitrogens with zero attached hydrogens (tertiary/aromatic N) is 2. The summed E-state index contributed by atoms with van der Waals surface area (Å²) in [6, 6.07) is 20.4. The molecule has 110 valence electrons. The molecule has 0 bridgehead atoms. The lowest BCUT2D eigenvalue weighted by Gasteiger charge is -2.12. The topological polar surface area (TPSA) is 26.9 Å². The number of hydrogen-bond donors (Lipinski definition) is 0. The summed E-state index contributed by atoms with van der Waals surface area (Å²) in [6.07, 6.45) is 2.01. The van der Waals surface area contributed by atoms with Gasteiger partial charge in [-0.1, -0.05) is 60.7 Å². The van der Waals surface area contributed by atoms with Crippen LogP contribution in [0.25, 0.3) is 0 Å². The lowest BCUT2D eigenvalue weighted by atomic mass is 10.2. The Morgan fingerprint density at radius 3 is 2.41 bits per heavy atom. The Hall–Kier alpha value is -2.20. The van der Waals surface area contributed by atoms with Gasteiger partial charge >= 0.3 is 5.69 Å². The molecule has 0 fully saturated rings. The number of imidazole rings is 1. The van der Waals surface area contributed by atoms with E-state index in [1.165, 1.54) is 5.56 Å². The minimum absolute atomic E-state index is 0.0812. The van der Waals surface area contributed by atoms with E-state index < -0.39 is 0 Å². The molecule has 0 saturated carbocycles. The molecule has 0 unspecified atom stereocenters. The van der Waals surface area contributed by atoms with Crippen LogP contribution >= 0.6 is 11.8 Å². The molecule has 1 aromatic heterocycles. The number of fused-ring (bicyclic) bond motifs is 1. The Balaban J connectivity index is 1.71. The third-order valence-electron chi connectivity index (χ3n) is 3.97. The second-order valence-electron chi connectivity index (χ2n) is 5.46. The molecule has 0 aliphatic carbocycles. The Labute approximate surface area is 133 Å². The van der Waals surface area contributed by atoms with Crippen LogP contribution in [0.1, 0.15) is 22.2 Å². The summed E-state index contributed by atoms with van der Waals surface area (Å²) in [5.41, 5.74) is 3.53. The molecule has 1 aliphatic heterocycles. The summed E-state index contributed by atoms with van der Waals surface area (Å²) in [5, 5.41) is 0.0979. The molecule has 2 aromatic carbocycles. The maximum Gasteiger partial charge on any atom is 0.329 e. The first-order valence-electron chi connectivity index (χ1n) is 7.34. The highest BCUT2D eigenvalue weighted by Crippen LogP contribution is 2.38. The van der Waals surface area contributed by atoms with Gasteiger partial charge in [0.05, 0.1) is 12.2 Å². The normalized spacial score (nSPS) is 16.6. The minimum Gasteiger partial charge on any atom is -0.294 e. The summed E-state index contributed by atoms with van der Waals surface area (Å²) in [6.45, 7) is 0.631. The maximum atomic E-state index is 12.8. The molecule has 1 aliphatic rings. The molecule has 0 N–H and O–H groups in total. The first kappa shape index (κ1) is 13.5. The van der Waals surface area contributed by atoms with Gasteiger partial charge in [0.1, 0.15) is 5.37 Å². The first-order chi connectivity index (χ1) is 10.8. The van der Waals surface area contributed by atoms with E-state index in [4.69, 9.17) is 0 Å². The predicted octanol–water partition coefficient (Wildman–Crippen LogP) is 3.49. The lowest BCUT2D eigenvalue weighted by molar-refractivity contribution is 0.677. The van der Waals surface area contributed by atoms with Crippen LogP contribution in [0.4, 0.5) is 0 Å². The molecule has 0 radical (unpaired) electrons.